The molecule has 0 aliphatic carbocycles. The maximum atomic E-state index is 11.4. The Morgan fingerprint density at radius 3 is 2.41 bits per heavy atom. The fourth-order valence-corrected chi connectivity index (χ4v) is 1.50. The van der Waals surface area contributed by atoms with Gasteiger partial charge < -0.3 is 20.1 Å². The zero-order chi connectivity index (χ0) is 13.7. The lowest BCUT2D eigenvalue weighted by atomic mass is 9.87. The zero-order valence-electron chi connectivity index (χ0n) is 9.84. The van der Waals surface area contributed by atoms with Crippen LogP contribution in [0.25, 0.3) is 0 Å². The van der Waals surface area contributed by atoms with Crippen LogP contribution < -0.4 is 5.32 Å². The fraction of sp³-hybridized carbons (Fsp3) is 0.889. The van der Waals surface area contributed by atoms with E-state index in [1.54, 1.807) is 0 Å². The predicted octanol–water partition coefficient (Wildman–Crippen LogP) is -1.58. The molecule has 0 aliphatic heterocycles. The fourth-order valence-electron chi connectivity index (χ4n) is 0.999. The third-order valence-electron chi connectivity index (χ3n) is 2.27. The molecule has 7 nitrogen and oxygen atoms in total. The van der Waals surface area contributed by atoms with E-state index >= 15 is 0 Å². The summed E-state index contributed by atoms with van der Waals surface area (Å²) in [7, 11) is -4.28. The summed E-state index contributed by atoms with van der Waals surface area (Å²) in [5.41, 5.74) is -0.977. The van der Waals surface area contributed by atoms with Crippen molar-refractivity contribution >= 4 is 16.0 Å². The molecule has 1 amide bonds. The number of hydrogen-bond donors (Lipinski definition) is 3. The molecule has 0 unspecified atom stereocenters. The Bertz CT molecular complexity index is 350. The van der Waals surface area contributed by atoms with E-state index < -0.39 is 33.3 Å². The minimum absolute atomic E-state index is 0.0101. The molecule has 0 aromatic heterocycles. The van der Waals surface area contributed by atoms with Crippen molar-refractivity contribution in [2.45, 2.75) is 26.4 Å². The number of hydrogen-bond acceptors (Lipinski definition) is 6. The highest BCUT2D eigenvalue weighted by Gasteiger charge is 2.32. The summed E-state index contributed by atoms with van der Waals surface area (Å²) in [6.45, 7) is 2.65. The average Bonchev–Trinajstić information content (AvgIpc) is 2.21. The molecule has 0 bridgehead atoms. The Balaban J connectivity index is 4.04. The van der Waals surface area contributed by atoms with Gasteiger partial charge in [-0.05, 0) is 6.42 Å². The summed E-state index contributed by atoms with van der Waals surface area (Å²) in [4.78, 5) is 11.4. The Kier molecular flexibility index (Phi) is 6.03. The maximum absolute atomic E-state index is 11.4. The van der Waals surface area contributed by atoms with Crippen molar-refractivity contribution in [3.8, 4) is 0 Å². The van der Waals surface area contributed by atoms with Gasteiger partial charge in [0.05, 0.1) is 16.7 Å². The van der Waals surface area contributed by atoms with Crippen molar-refractivity contribution in [2.75, 3.05) is 18.9 Å². The van der Waals surface area contributed by atoms with Gasteiger partial charge in [0.1, 0.15) is 6.10 Å². The number of nitrogens with one attached hydrogen (secondary N) is 1. The van der Waals surface area contributed by atoms with Crippen molar-refractivity contribution in [3.05, 3.63) is 0 Å². The lowest BCUT2D eigenvalue weighted by molar-refractivity contribution is -0.137. The van der Waals surface area contributed by atoms with Gasteiger partial charge in [-0.25, -0.2) is 8.42 Å². The molecule has 0 saturated carbocycles. The summed E-state index contributed by atoms with van der Waals surface area (Å²) in [5.74, 6) is -1.26. The standard InChI is InChI=1S/C9H19NO6S/c1-9(2,6-11)7(12)8(13)10-4-3-5-17(14,15)16/h7,11-12H,3-6H2,1-2H3,(H,10,13)(H,14,15,16)/p-1/t7-/m0/s1. The third-order valence-corrected chi connectivity index (χ3v) is 3.06. The number of aliphatic hydroxyl groups excluding tert-OH is 2. The number of carbonyl (C=O) groups excluding carboxylic acids is 1. The van der Waals surface area contributed by atoms with Crippen LogP contribution in [0.15, 0.2) is 0 Å². The molecule has 1 atom stereocenters. The molecule has 0 aliphatic rings. The van der Waals surface area contributed by atoms with Gasteiger partial charge in [-0.2, -0.15) is 0 Å². The van der Waals surface area contributed by atoms with Crippen LogP contribution >= 0.6 is 0 Å². The second-order valence-corrected chi connectivity index (χ2v) is 5.98. The Hall–Kier alpha value is -0.700. The summed E-state index contributed by atoms with van der Waals surface area (Å²) in [6, 6.07) is 0. The SMILES string of the molecule is CC(C)(CO)[C@@H](O)C(=O)NCCCS(=O)(=O)[O-]. The normalized spacial score (nSPS) is 14.4. The molecule has 0 saturated heterocycles. The Morgan fingerprint density at radius 2 is 2.00 bits per heavy atom. The van der Waals surface area contributed by atoms with Crippen LogP contribution in [0.1, 0.15) is 20.3 Å². The molecule has 0 rings (SSSR count). The van der Waals surface area contributed by atoms with Crippen molar-refractivity contribution in [1.82, 2.24) is 5.32 Å². The lowest BCUT2D eigenvalue weighted by Crippen LogP contribution is -2.45. The molecule has 102 valence electrons. The van der Waals surface area contributed by atoms with E-state index in [4.69, 9.17) is 5.11 Å². The van der Waals surface area contributed by atoms with Crippen molar-refractivity contribution < 1.29 is 28.0 Å². The predicted molar refractivity (Wildman–Crippen MR) is 59.1 cm³/mol. The van der Waals surface area contributed by atoms with Gasteiger partial charge in [0, 0.05) is 17.7 Å². The Labute approximate surface area is 101 Å². The van der Waals surface area contributed by atoms with Crippen molar-refractivity contribution in [2.24, 2.45) is 5.41 Å². The highest BCUT2D eigenvalue weighted by atomic mass is 32.2. The molecule has 0 spiro atoms. The molecular formula is C9H18NO6S-. The van der Waals surface area contributed by atoms with Gasteiger partial charge in [-0.1, -0.05) is 13.8 Å². The number of carbonyl (C=O) groups is 1. The van der Waals surface area contributed by atoms with Gasteiger partial charge in [0.15, 0.2) is 0 Å². The zero-order valence-corrected chi connectivity index (χ0v) is 10.7. The van der Waals surface area contributed by atoms with E-state index in [1.165, 1.54) is 13.8 Å². The minimum Gasteiger partial charge on any atom is -0.748 e. The van der Waals surface area contributed by atoms with Crippen LogP contribution in [0.5, 0.6) is 0 Å². The summed E-state index contributed by atoms with van der Waals surface area (Å²) in [6.07, 6.45) is -1.40. The summed E-state index contributed by atoms with van der Waals surface area (Å²) < 4.78 is 30.8. The summed E-state index contributed by atoms with van der Waals surface area (Å²) >= 11 is 0. The first kappa shape index (κ1) is 16.3. The first-order chi connectivity index (χ1) is 7.60. The molecule has 0 aromatic rings. The Morgan fingerprint density at radius 1 is 1.47 bits per heavy atom. The molecule has 0 radical (unpaired) electrons. The molecule has 8 heteroatoms. The van der Waals surface area contributed by atoms with Crippen LogP contribution in [0.4, 0.5) is 0 Å². The van der Waals surface area contributed by atoms with Gasteiger partial charge in [0.2, 0.25) is 5.91 Å². The third kappa shape index (κ3) is 6.57. The second-order valence-electron chi connectivity index (χ2n) is 4.46. The largest absolute Gasteiger partial charge is 0.748 e. The molecule has 0 heterocycles. The van der Waals surface area contributed by atoms with Crippen molar-refractivity contribution in [3.63, 3.8) is 0 Å². The van der Waals surface area contributed by atoms with E-state index in [0.29, 0.717) is 0 Å². The van der Waals surface area contributed by atoms with Crippen LogP contribution in [-0.4, -0.2) is 54.1 Å². The topological polar surface area (TPSA) is 127 Å². The quantitative estimate of drug-likeness (QED) is 0.377. The molecule has 3 N–H and O–H groups in total. The van der Waals surface area contributed by atoms with E-state index in [9.17, 15) is 22.9 Å². The molecular weight excluding hydrogens is 250 g/mol. The van der Waals surface area contributed by atoms with Gasteiger partial charge in [-0.15, -0.1) is 0 Å². The van der Waals surface area contributed by atoms with Crippen LogP contribution in [0, 0.1) is 5.41 Å². The molecule has 0 aromatic carbocycles. The van der Waals surface area contributed by atoms with Gasteiger partial charge in [0.25, 0.3) is 0 Å². The second kappa shape index (κ2) is 6.29. The van der Waals surface area contributed by atoms with Crippen LogP contribution in [-0.2, 0) is 14.9 Å². The first-order valence-corrected chi connectivity index (χ1v) is 6.68. The number of aliphatic hydroxyl groups is 2. The average molecular weight is 268 g/mol. The van der Waals surface area contributed by atoms with Crippen molar-refractivity contribution in [1.29, 1.82) is 0 Å². The van der Waals surface area contributed by atoms with Gasteiger partial charge in [-0.3, -0.25) is 4.79 Å². The van der Waals surface area contributed by atoms with E-state index in [1.807, 2.05) is 0 Å². The molecule has 17 heavy (non-hydrogen) atoms. The molecule has 0 fully saturated rings. The highest BCUT2D eigenvalue weighted by molar-refractivity contribution is 7.85. The number of rotatable bonds is 7. The minimum atomic E-state index is -4.28. The number of amides is 1. The van der Waals surface area contributed by atoms with Crippen LogP contribution in [0.3, 0.4) is 0 Å². The van der Waals surface area contributed by atoms with E-state index in [-0.39, 0.29) is 19.6 Å². The van der Waals surface area contributed by atoms with E-state index in [2.05, 4.69) is 5.32 Å². The smallest absolute Gasteiger partial charge is 0.249 e. The monoisotopic (exact) mass is 268 g/mol. The maximum Gasteiger partial charge on any atom is 0.249 e. The first-order valence-electron chi connectivity index (χ1n) is 5.10. The highest BCUT2D eigenvalue weighted by Crippen LogP contribution is 2.19. The van der Waals surface area contributed by atoms with Gasteiger partial charge >= 0.3 is 0 Å². The van der Waals surface area contributed by atoms with Crippen LogP contribution in [0.2, 0.25) is 0 Å². The lowest BCUT2D eigenvalue weighted by Gasteiger charge is -2.27. The van der Waals surface area contributed by atoms with E-state index in [0.717, 1.165) is 0 Å². The summed E-state index contributed by atoms with van der Waals surface area (Å²) in [5, 5.41) is 20.8.